The minimum absolute atomic E-state index is 0.628. The van der Waals surface area contributed by atoms with Crippen molar-refractivity contribution in [1.82, 2.24) is 0 Å². The van der Waals surface area contributed by atoms with Gasteiger partial charge in [0.1, 0.15) is 11.5 Å². The van der Waals surface area contributed by atoms with Gasteiger partial charge in [-0.25, -0.2) is 0 Å². The summed E-state index contributed by atoms with van der Waals surface area (Å²) in [6.45, 7) is 3.42. The van der Waals surface area contributed by atoms with Gasteiger partial charge in [0.15, 0.2) is 5.79 Å². The van der Waals surface area contributed by atoms with Crippen LogP contribution >= 0.6 is 0 Å². The van der Waals surface area contributed by atoms with E-state index in [-0.39, 0.29) is 0 Å². The lowest BCUT2D eigenvalue weighted by Gasteiger charge is -2.28. The molecule has 0 amide bonds. The predicted octanol–water partition coefficient (Wildman–Crippen LogP) is 3.09. The van der Waals surface area contributed by atoms with Crippen molar-refractivity contribution in [2.45, 2.75) is 32.0 Å². The highest BCUT2D eigenvalue weighted by atomic mass is 16.7. The van der Waals surface area contributed by atoms with Crippen molar-refractivity contribution in [2.75, 3.05) is 27.4 Å². The average molecular weight is 266 g/mol. The highest BCUT2D eigenvalue weighted by Crippen LogP contribution is 2.39. The molecule has 0 spiro atoms. The molecule has 1 aliphatic rings. The average Bonchev–Trinajstić information content (AvgIpc) is 2.94. The zero-order valence-electron chi connectivity index (χ0n) is 11.9. The molecular weight excluding hydrogens is 244 g/mol. The fourth-order valence-corrected chi connectivity index (χ4v) is 2.35. The Hall–Kier alpha value is -1.26. The Morgan fingerprint density at radius 3 is 2.11 bits per heavy atom. The van der Waals surface area contributed by atoms with Gasteiger partial charge in [-0.3, -0.25) is 0 Å². The molecule has 1 aromatic carbocycles. The van der Waals surface area contributed by atoms with Crippen molar-refractivity contribution >= 4 is 0 Å². The van der Waals surface area contributed by atoms with Crippen LogP contribution in [-0.2, 0) is 15.3 Å². The molecule has 4 heteroatoms. The van der Waals surface area contributed by atoms with Crippen LogP contribution in [0, 0.1) is 0 Å². The van der Waals surface area contributed by atoms with E-state index in [2.05, 4.69) is 6.92 Å². The second-order valence-corrected chi connectivity index (χ2v) is 4.65. The molecule has 1 aromatic rings. The zero-order valence-corrected chi connectivity index (χ0v) is 11.9. The Labute approximate surface area is 114 Å². The summed E-state index contributed by atoms with van der Waals surface area (Å²) in [7, 11) is 3.29. The van der Waals surface area contributed by atoms with E-state index in [0.29, 0.717) is 13.2 Å². The van der Waals surface area contributed by atoms with Gasteiger partial charge in [0.2, 0.25) is 0 Å². The molecule has 2 rings (SSSR count). The molecule has 106 valence electrons. The molecule has 0 aromatic heterocycles. The quantitative estimate of drug-likeness (QED) is 0.793. The molecule has 0 aliphatic carbocycles. The van der Waals surface area contributed by atoms with Crippen LogP contribution < -0.4 is 9.47 Å². The summed E-state index contributed by atoms with van der Waals surface area (Å²) in [5.41, 5.74) is 0.967. The fraction of sp³-hybridized carbons (Fsp3) is 0.600. The van der Waals surface area contributed by atoms with E-state index in [1.54, 1.807) is 14.2 Å². The first kappa shape index (κ1) is 14.2. The van der Waals surface area contributed by atoms with E-state index < -0.39 is 5.79 Å². The summed E-state index contributed by atoms with van der Waals surface area (Å²) in [6, 6.07) is 5.78. The lowest BCUT2D eigenvalue weighted by molar-refractivity contribution is -0.171. The van der Waals surface area contributed by atoms with Crippen LogP contribution in [0.1, 0.15) is 31.7 Å². The summed E-state index contributed by atoms with van der Waals surface area (Å²) >= 11 is 0. The molecule has 1 aliphatic heterocycles. The van der Waals surface area contributed by atoms with E-state index >= 15 is 0 Å². The molecule has 1 fully saturated rings. The van der Waals surface area contributed by atoms with Gasteiger partial charge in [-0.1, -0.05) is 13.3 Å². The standard InChI is InChI=1S/C15H22O4/c1-4-5-6-15(18-7-8-19-15)12-9-13(16-2)11-14(10-12)17-3/h9-11H,4-8H2,1-3H3. The molecule has 0 unspecified atom stereocenters. The summed E-state index contributed by atoms with van der Waals surface area (Å²) in [6.07, 6.45) is 3.01. The van der Waals surface area contributed by atoms with Gasteiger partial charge in [0.05, 0.1) is 27.4 Å². The molecular formula is C15H22O4. The monoisotopic (exact) mass is 266 g/mol. The maximum absolute atomic E-state index is 5.89. The van der Waals surface area contributed by atoms with Crippen molar-refractivity contribution in [2.24, 2.45) is 0 Å². The summed E-state index contributed by atoms with van der Waals surface area (Å²) in [5.74, 6) is 0.867. The van der Waals surface area contributed by atoms with Gasteiger partial charge in [-0.15, -0.1) is 0 Å². The number of benzene rings is 1. The number of hydrogen-bond acceptors (Lipinski definition) is 4. The summed E-state index contributed by atoms with van der Waals surface area (Å²) in [4.78, 5) is 0. The third-order valence-corrected chi connectivity index (χ3v) is 3.40. The Morgan fingerprint density at radius 2 is 1.63 bits per heavy atom. The highest BCUT2D eigenvalue weighted by Gasteiger charge is 2.38. The van der Waals surface area contributed by atoms with E-state index in [1.807, 2.05) is 18.2 Å². The summed E-state index contributed by atoms with van der Waals surface area (Å²) in [5, 5.41) is 0. The number of unbranched alkanes of at least 4 members (excludes halogenated alkanes) is 1. The molecule has 0 atom stereocenters. The molecule has 0 saturated carbocycles. The van der Waals surface area contributed by atoms with Gasteiger partial charge in [-0.05, 0) is 18.6 Å². The summed E-state index contributed by atoms with van der Waals surface area (Å²) < 4.78 is 22.4. The van der Waals surface area contributed by atoms with Crippen LogP contribution in [0.3, 0.4) is 0 Å². The second-order valence-electron chi connectivity index (χ2n) is 4.65. The first-order valence-electron chi connectivity index (χ1n) is 6.75. The molecule has 0 bridgehead atoms. The fourth-order valence-electron chi connectivity index (χ4n) is 2.35. The van der Waals surface area contributed by atoms with E-state index in [9.17, 15) is 0 Å². The number of ether oxygens (including phenoxy) is 4. The van der Waals surface area contributed by atoms with E-state index in [0.717, 1.165) is 36.3 Å². The lowest BCUT2D eigenvalue weighted by Crippen LogP contribution is -2.27. The topological polar surface area (TPSA) is 36.9 Å². The molecule has 4 nitrogen and oxygen atoms in total. The third kappa shape index (κ3) is 3.01. The predicted molar refractivity (Wildman–Crippen MR) is 72.7 cm³/mol. The lowest BCUT2D eigenvalue weighted by atomic mass is 9.99. The van der Waals surface area contributed by atoms with Crippen LogP contribution in [-0.4, -0.2) is 27.4 Å². The number of hydrogen-bond donors (Lipinski definition) is 0. The largest absolute Gasteiger partial charge is 0.497 e. The maximum Gasteiger partial charge on any atom is 0.195 e. The van der Waals surface area contributed by atoms with Crippen LogP contribution in [0.4, 0.5) is 0 Å². The SMILES string of the molecule is CCCCC1(c2cc(OC)cc(OC)c2)OCCO1. The first-order valence-corrected chi connectivity index (χ1v) is 6.75. The Bertz CT molecular complexity index is 388. The van der Waals surface area contributed by atoms with Crippen LogP contribution in [0.25, 0.3) is 0 Å². The maximum atomic E-state index is 5.89. The molecule has 19 heavy (non-hydrogen) atoms. The Kier molecular flexibility index (Phi) is 4.66. The minimum atomic E-state index is -0.641. The minimum Gasteiger partial charge on any atom is -0.497 e. The van der Waals surface area contributed by atoms with Gasteiger partial charge in [-0.2, -0.15) is 0 Å². The van der Waals surface area contributed by atoms with Crippen molar-refractivity contribution in [3.05, 3.63) is 23.8 Å². The van der Waals surface area contributed by atoms with Gasteiger partial charge >= 0.3 is 0 Å². The van der Waals surface area contributed by atoms with Crippen LogP contribution in [0.5, 0.6) is 11.5 Å². The van der Waals surface area contributed by atoms with E-state index in [1.165, 1.54) is 0 Å². The van der Waals surface area contributed by atoms with Crippen LogP contribution in [0.15, 0.2) is 18.2 Å². The highest BCUT2D eigenvalue weighted by molar-refractivity contribution is 5.40. The van der Waals surface area contributed by atoms with Gasteiger partial charge in [0.25, 0.3) is 0 Å². The Morgan fingerprint density at radius 1 is 1.05 bits per heavy atom. The Balaban J connectivity index is 2.35. The van der Waals surface area contributed by atoms with Crippen molar-refractivity contribution in [3.8, 4) is 11.5 Å². The van der Waals surface area contributed by atoms with Gasteiger partial charge in [0, 0.05) is 18.1 Å². The molecule has 1 saturated heterocycles. The van der Waals surface area contributed by atoms with Crippen molar-refractivity contribution < 1.29 is 18.9 Å². The smallest absolute Gasteiger partial charge is 0.195 e. The normalized spacial score (nSPS) is 17.4. The van der Waals surface area contributed by atoms with E-state index in [4.69, 9.17) is 18.9 Å². The van der Waals surface area contributed by atoms with Crippen molar-refractivity contribution in [1.29, 1.82) is 0 Å². The molecule has 0 radical (unpaired) electrons. The second kappa shape index (κ2) is 6.26. The number of methoxy groups -OCH3 is 2. The first-order chi connectivity index (χ1) is 9.24. The molecule has 1 heterocycles. The molecule has 0 N–H and O–H groups in total. The van der Waals surface area contributed by atoms with Crippen LogP contribution in [0.2, 0.25) is 0 Å². The van der Waals surface area contributed by atoms with Gasteiger partial charge < -0.3 is 18.9 Å². The number of rotatable bonds is 6. The van der Waals surface area contributed by atoms with Crippen molar-refractivity contribution in [3.63, 3.8) is 0 Å². The third-order valence-electron chi connectivity index (χ3n) is 3.40. The zero-order chi connectivity index (χ0) is 13.7.